The molecule has 2 aromatic carbocycles. The van der Waals surface area contributed by atoms with Crippen molar-refractivity contribution in [3.05, 3.63) is 59.9 Å². The second-order valence-electron chi connectivity index (χ2n) is 5.00. The van der Waals surface area contributed by atoms with Gasteiger partial charge in [0.25, 0.3) is 0 Å². The fourth-order valence-electron chi connectivity index (χ4n) is 2.06. The molecule has 3 nitrogen and oxygen atoms in total. The van der Waals surface area contributed by atoms with Crippen LogP contribution >= 0.6 is 11.8 Å². The first-order valence-electron chi connectivity index (χ1n) is 7.45. The monoisotopic (exact) mass is 333 g/mol. The second-order valence-corrected chi connectivity index (χ2v) is 6.17. The number of nitrogens with one attached hydrogen (secondary N) is 1. The molecule has 0 aliphatic carbocycles. The highest BCUT2D eigenvalue weighted by Gasteiger charge is 2.03. The van der Waals surface area contributed by atoms with Crippen LogP contribution in [0.15, 0.2) is 53.4 Å². The maximum atomic E-state index is 13.0. The summed E-state index contributed by atoms with van der Waals surface area (Å²) >= 11 is 1.63. The van der Waals surface area contributed by atoms with Gasteiger partial charge >= 0.3 is 0 Å². The van der Waals surface area contributed by atoms with Crippen LogP contribution in [0.25, 0.3) is 0 Å². The molecular formula is C18H20FNO2S. The molecule has 2 rings (SSSR count). The Morgan fingerprint density at radius 1 is 1.22 bits per heavy atom. The van der Waals surface area contributed by atoms with Crippen LogP contribution in [0.1, 0.15) is 12.0 Å². The Bertz CT molecular complexity index is 631. The van der Waals surface area contributed by atoms with Crippen molar-refractivity contribution in [2.75, 3.05) is 19.4 Å². The minimum absolute atomic E-state index is 0.0161. The molecule has 0 heterocycles. The molecule has 0 aromatic heterocycles. The molecule has 0 saturated carbocycles. The molecule has 122 valence electrons. The van der Waals surface area contributed by atoms with Crippen LogP contribution in [0.2, 0.25) is 0 Å². The van der Waals surface area contributed by atoms with E-state index in [9.17, 15) is 9.18 Å². The van der Waals surface area contributed by atoms with Crippen LogP contribution in [0.5, 0.6) is 5.75 Å². The van der Waals surface area contributed by atoms with Crippen molar-refractivity contribution < 1.29 is 13.9 Å². The summed E-state index contributed by atoms with van der Waals surface area (Å²) < 4.78 is 18.1. The number of halogens is 1. The van der Waals surface area contributed by atoms with E-state index in [4.69, 9.17) is 4.74 Å². The third-order valence-corrected chi connectivity index (χ3v) is 4.30. The van der Waals surface area contributed by atoms with Gasteiger partial charge in [0.1, 0.15) is 11.6 Å². The molecule has 1 N–H and O–H groups in total. The van der Waals surface area contributed by atoms with Crippen molar-refractivity contribution in [1.29, 1.82) is 0 Å². The second kappa shape index (κ2) is 9.20. The standard InChI is InChI=1S/C18H20FNO2S/c1-22-16-5-7-17(8-6-16)23-12-10-18(21)20-11-9-14-3-2-4-15(19)13-14/h2-8,13H,9-12H2,1H3,(H,20,21). The van der Waals surface area contributed by atoms with Gasteiger partial charge in [0.15, 0.2) is 0 Å². The van der Waals surface area contributed by atoms with E-state index in [0.29, 0.717) is 19.4 Å². The van der Waals surface area contributed by atoms with Gasteiger partial charge in [-0.15, -0.1) is 11.8 Å². The molecule has 2 aromatic rings. The van der Waals surface area contributed by atoms with E-state index in [0.717, 1.165) is 22.0 Å². The number of hydrogen-bond acceptors (Lipinski definition) is 3. The van der Waals surface area contributed by atoms with E-state index in [2.05, 4.69) is 5.32 Å². The van der Waals surface area contributed by atoms with Crippen molar-refractivity contribution in [1.82, 2.24) is 5.32 Å². The highest BCUT2D eigenvalue weighted by atomic mass is 32.2. The number of rotatable bonds is 8. The molecule has 1 amide bonds. The summed E-state index contributed by atoms with van der Waals surface area (Å²) in [6.07, 6.45) is 1.09. The summed E-state index contributed by atoms with van der Waals surface area (Å²) in [7, 11) is 1.64. The molecule has 0 atom stereocenters. The first-order valence-corrected chi connectivity index (χ1v) is 8.44. The van der Waals surface area contributed by atoms with Gasteiger partial charge in [-0.3, -0.25) is 4.79 Å². The Kier molecular flexibility index (Phi) is 6.94. The van der Waals surface area contributed by atoms with E-state index in [-0.39, 0.29) is 11.7 Å². The SMILES string of the molecule is COc1ccc(SCCC(=O)NCCc2cccc(F)c2)cc1. The van der Waals surface area contributed by atoms with E-state index in [1.165, 1.54) is 12.1 Å². The zero-order valence-corrected chi connectivity index (χ0v) is 13.9. The number of amides is 1. The predicted octanol–water partition coefficient (Wildman–Crippen LogP) is 3.68. The molecule has 0 aliphatic heterocycles. The molecule has 0 bridgehead atoms. The van der Waals surface area contributed by atoms with Gasteiger partial charge in [-0.1, -0.05) is 12.1 Å². The largest absolute Gasteiger partial charge is 0.497 e. The quantitative estimate of drug-likeness (QED) is 0.749. The number of hydrogen-bond donors (Lipinski definition) is 1. The topological polar surface area (TPSA) is 38.3 Å². The summed E-state index contributed by atoms with van der Waals surface area (Å²) in [4.78, 5) is 12.9. The Morgan fingerprint density at radius 3 is 2.70 bits per heavy atom. The number of carbonyl (C=O) groups excluding carboxylic acids is 1. The van der Waals surface area contributed by atoms with Crippen molar-refractivity contribution in [3.63, 3.8) is 0 Å². The van der Waals surface area contributed by atoms with Crippen LogP contribution in [-0.2, 0) is 11.2 Å². The smallest absolute Gasteiger partial charge is 0.220 e. The zero-order chi connectivity index (χ0) is 16.5. The Labute approximate surface area is 140 Å². The fraction of sp³-hybridized carbons (Fsp3) is 0.278. The van der Waals surface area contributed by atoms with Gasteiger partial charge < -0.3 is 10.1 Å². The highest BCUT2D eigenvalue weighted by molar-refractivity contribution is 7.99. The number of carbonyl (C=O) groups is 1. The summed E-state index contributed by atoms with van der Waals surface area (Å²) in [6, 6.07) is 14.2. The zero-order valence-electron chi connectivity index (χ0n) is 13.0. The minimum atomic E-state index is -0.246. The van der Waals surface area contributed by atoms with Gasteiger partial charge in [-0.25, -0.2) is 4.39 Å². The van der Waals surface area contributed by atoms with Gasteiger partial charge in [0.2, 0.25) is 5.91 Å². The molecule has 5 heteroatoms. The van der Waals surface area contributed by atoms with Gasteiger partial charge in [-0.2, -0.15) is 0 Å². The lowest BCUT2D eigenvalue weighted by atomic mass is 10.1. The molecule has 0 fully saturated rings. The maximum absolute atomic E-state index is 13.0. The minimum Gasteiger partial charge on any atom is -0.497 e. The van der Waals surface area contributed by atoms with Gasteiger partial charge in [-0.05, 0) is 48.4 Å². The van der Waals surface area contributed by atoms with Crippen LogP contribution < -0.4 is 10.1 Å². The van der Waals surface area contributed by atoms with Crippen molar-refractivity contribution >= 4 is 17.7 Å². The number of ether oxygens (including phenoxy) is 1. The first kappa shape index (κ1) is 17.3. The lowest BCUT2D eigenvalue weighted by Crippen LogP contribution is -2.25. The third kappa shape index (κ3) is 6.32. The molecule has 23 heavy (non-hydrogen) atoms. The number of methoxy groups -OCH3 is 1. The number of thioether (sulfide) groups is 1. The van der Waals surface area contributed by atoms with Crippen molar-refractivity contribution in [2.24, 2.45) is 0 Å². The Balaban J connectivity index is 1.63. The first-order chi connectivity index (χ1) is 11.2. The van der Waals surface area contributed by atoms with Crippen molar-refractivity contribution in [2.45, 2.75) is 17.7 Å². The van der Waals surface area contributed by atoms with Crippen LogP contribution in [-0.4, -0.2) is 25.3 Å². The van der Waals surface area contributed by atoms with E-state index < -0.39 is 0 Å². The Hall–Kier alpha value is -2.01. The molecule has 0 radical (unpaired) electrons. The molecule has 0 spiro atoms. The Morgan fingerprint density at radius 2 is 2.00 bits per heavy atom. The van der Waals surface area contributed by atoms with Crippen LogP contribution in [0.3, 0.4) is 0 Å². The van der Waals surface area contributed by atoms with E-state index in [1.807, 2.05) is 30.3 Å². The maximum Gasteiger partial charge on any atom is 0.220 e. The van der Waals surface area contributed by atoms with E-state index >= 15 is 0 Å². The normalized spacial score (nSPS) is 10.3. The summed E-state index contributed by atoms with van der Waals surface area (Å²) in [6.45, 7) is 0.523. The van der Waals surface area contributed by atoms with Crippen LogP contribution in [0.4, 0.5) is 4.39 Å². The van der Waals surface area contributed by atoms with Crippen LogP contribution in [0, 0.1) is 5.82 Å². The van der Waals surface area contributed by atoms with E-state index in [1.54, 1.807) is 24.9 Å². The molecule has 0 saturated heterocycles. The fourth-order valence-corrected chi connectivity index (χ4v) is 2.91. The molecule has 0 aliphatic rings. The van der Waals surface area contributed by atoms with Crippen molar-refractivity contribution in [3.8, 4) is 5.75 Å². The summed E-state index contributed by atoms with van der Waals surface area (Å²) in [5.41, 5.74) is 0.887. The summed E-state index contributed by atoms with van der Waals surface area (Å²) in [5.74, 6) is 1.31. The molecule has 0 unspecified atom stereocenters. The third-order valence-electron chi connectivity index (χ3n) is 3.28. The van der Waals surface area contributed by atoms with Gasteiger partial charge in [0, 0.05) is 23.6 Å². The predicted molar refractivity (Wildman–Crippen MR) is 91.4 cm³/mol. The lowest BCUT2D eigenvalue weighted by Gasteiger charge is -2.06. The lowest BCUT2D eigenvalue weighted by molar-refractivity contribution is -0.120. The number of benzene rings is 2. The average Bonchev–Trinajstić information content (AvgIpc) is 2.55. The highest BCUT2D eigenvalue weighted by Crippen LogP contribution is 2.21. The average molecular weight is 333 g/mol. The summed E-state index contributed by atoms with van der Waals surface area (Å²) in [5, 5.41) is 2.86. The van der Waals surface area contributed by atoms with Gasteiger partial charge in [0.05, 0.1) is 7.11 Å². The molecular weight excluding hydrogens is 313 g/mol.